The number of nitrogens with two attached hydrogens (primary N) is 1. The summed E-state index contributed by atoms with van der Waals surface area (Å²) in [7, 11) is 0. The second-order valence-corrected chi connectivity index (χ2v) is 3.09. The molecule has 0 aliphatic rings. The van der Waals surface area contributed by atoms with E-state index in [1.807, 2.05) is 6.21 Å². The molecule has 0 aromatic rings. The maximum Gasteiger partial charge on any atom is 0.115 e. The van der Waals surface area contributed by atoms with Gasteiger partial charge in [0, 0.05) is 6.21 Å². The number of rotatable bonds is 3. The Morgan fingerprint density at radius 1 is 1.70 bits per heavy atom. The van der Waals surface area contributed by atoms with Crippen molar-refractivity contribution in [2.45, 2.75) is 27.2 Å². The summed E-state index contributed by atoms with van der Waals surface area (Å²) in [6.45, 7) is 9.81. The van der Waals surface area contributed by atoms with E-state index in [0.717, 1.165) is 6.42 Å². The monoisotopic (exact) mass is 140 g/mol. The van der Waals surface area contributed by atoms with Gasteiger partial charge in [-0.1, -0.05) is 27.4 Å². The Morgan fingerprint density at radius 3 is 2.50 bits per heavy atom. The SMILES string of the molecule is C=C(N)N=CC(C)(C)CC. The number of hydrogen-bond donors (Lipinski definition) is 1. The van der Waals surface area contributed by atoms with Crippen LogP contribution in [0.1, 0.15) is 27.2 Å². The normalized spacial score (nSPS) is 12.3. The van der Waals surface area contributed by atoms with Crippen molar-refractivity contribution in [1.29, 1.82) is 0 Å². The van der Waals surface area contributed by atoms with Crippen molar-refractivity contribution in [3.63, 3.8) is 0 Å². The van der Waals surface area contributed by atoms with E-state index in [4.69, 9.17) is 5.73 Å². The molecule has 0 bridgehead atoms. The first-order chi connectivity index (χ1) is 4.48. The molecule has 58 valence electrons. The van der Waals surface area contributed by atoms with Gasteiger partial charge in [0.2, 0.25) is 0 Å². The predicted molar refractivity (Wildman–Crippen MR) is 45.9 cm³/mol. The molecule has 0 aliphatic carbocycles. The zero-order valence-electron chi connectivity index (χ0n) is 7.02. The van der Waals surface area contributed by atoms with Crippen LogP contribution >= 0.6 is 0 Å². The summed E-state index contributed by atoms with van der Waals surface area (Å²) in [4.78, 5) is 3.93. The van der Waals surface area contributed by atoms with E-state index in [2.05, 4.69) is 32.3 Å². The van der Waals surface area contributed by atoms with E-state index >= 15 is 0 Å². The fraction of sp³-hybridized carbons (Fsp3) is 0.625. The zero-order valence-corrected chi connectivity index (χ0v) is 7.02. The number of aliphatic imine (C=N–C) groups is 1. The highest BCUT2D eigenvalue weighted by atomic mass is 14.9. The lowest BCUT2D eigenvalue weighted by atomic mass is 9.92. The molecule has 0 aliphatic heterocycles. The minimum Gasteiger partial charge on any atom is -0.384 e. The van der Waals surface area contributed by atoms with Gasteiger partial charge in [-0.3, -0.25) is 0 Å². The largest absolute Gasteiger partial charge is 0.384 e. The minimum absolute atomic E-state index is 0.141. The molecular weight excluding hydrogens is 124 g/mol. The summed E-state index contributed by atoms with van der Waals surface area (Å²) >= 11 is 0. The summed E-state index contributed by atoms with van der Waals surface area (Å²) in [5.74, 6) is 0.376. The van der Waals surface area contributed by atoms with Crippen LogP contribution in [-0.2, 0) is 0 Å². The molecule has 10 heavy (non-hydrogen) atoms. The van der Waals surface area contributed by atoms with Crippen LogP contribution < -0.4 is 5.73 Å². The van der Waals surface area contributed by atoms with Gasteiger partial charge in [-0.05, 0) is 11.8 Å². The van der Waals surface area contributed by atoms with E-state index in [-0.39, 0.29) is 5.41 Å². The first kappa shape index (κ1) is 9.21. The molecule has 2 nitrogen and oxygen atoms in total. The van der Waals surface area contributed by atoms with Crippen LogP contribution in [0.3, 0.4) is 0 Å². The number of hydrogen-bond acceptors (Lipinski definition) is 2. The molecule has 0 aromatic heterocycles. The molecule has 0 saturated heterocycles. The fourth-order valence-corrected chi connectivity index (χ4v) is 0.349. The first-order valence-electron chi connectivity index (χ1n) is 3.47. The summed E-state index contributed by atoms with van der Waals surface area (Å²) < 4.78 is 0. The van der Waals surface area contributed by atoms with Gasteiger partial charge in [0.1, 0.15) is 5.82 Å². The Bertz CT molecular complexity index is 145. The highest BCUT2D eigenvalue weighted by Crippen LogP contribution is 2.15. The van der Waals surface area contributed by atoms with Gasteiger partial charge in [-0.15, -0.1) is 0 Å². The molecule has 0 amide bonds. The Morgan fingerprint density at radius 2 is 2.20 bits per heavy atom. The van der Waals surface area contributed by atoms with E-state index in [0.29, 0.717) is 5.82 Å². The second kappa shape index (κ2) is 3.40. The summed E-state index contributed by atoms with van der Waals surface area (Å²) in [5, 5.41) is 0. The molecular formula is C8H16N2. The number of nitrogens with zero attached hydrogens (tertiary/aromatic N) is 1. The minimum atomic E-state index is 0.141. The maximum atomic E-state index is 5.26. The van der Waals surface area contributed by atoms with Gasteiger partial charge in [0.05, 0.1) is 0 Å². The summed E-state index contributed by atoms with van der Waals surface area (Å²) in [6, 6.07) is 0. The Labute approximate surface area is 62.8 Å². The highest BCUT2D eigenvalue weighted by molar-refractivity contribution is 5.65. The second-order valence-electron chi connectivity index (χ2n) is 3.09. The smallest absolute Gasteiger partial charge is 0.115 e. The molecule has 0 fully saturated rings. The molecule has 2 N–H and O–H groups in total. The van der Waals surface area contributed by atoms with Crippen molar-refractivity contribution in [3.8, 4) is 0 Å². The van der Waals surface area contributed by atoms with Gasteiger partial charge < -0.3 is 5.73 Å². The fourth-order valence-electron chi connectivity index (χ4n) is 0.349. The average Bonchev–Trinajstić information content (AvgIpc) is 1.85. The third-order valence-electron chi connectivity index (χ3n) is 1.49. The molecule has 0 atom stereocenters. The van der Waals surface area contributed by atoms with Crippen molar-refractivity contribution in [2.24, 2.45) is 16.1 Å². The van der Waals surface area contributed by atoms with Gasteiger partial charge in [0.25, 0.3) is 0 Å². The molecule has 0 rings (SSSR count). The Kier molecular flexibility index (Phi) is 3.13. The van der Waals surface area contributed by atoms with Crippen molar-refractivity contribution in [2.75, 3.05) is 0 Å². The van der Waals surface area contributed by atoms with Crippen LogP contribution in [0, 0.1) is 5.41 Å². The average molecular weight is 140 g/mol. The topological polar surface area (TPSA) is 38.4 Å². The van der Waals surface area contributed by atoms with Crippen LogP contribution in [0.5, 0.6) is 0 Å². The zero-order chi connectivity index (χ0) is 8.20. The quantitative estimate of drug-likeness (QED) is 0.597. The van der Waals surface area contributed by atoms with Crippen LogP contribution in [-0.4, -0.2) is 6.21 Å². The molecule has 0 radical (unpaired) electrons. The van der Waals surface area contributed by atoms with Crippen LogP contribution in [0.4, 0.5) is 0 Å². The maximum absolute atomic E-state index is 5.26. The highest BCUT2D eigenvalue weighted by Gasteiger charge is 2.10. The van der Waals surface area contributed by atoms with Crippen molar-refractivity contribution < 1.29 is 0 Å². The van der Waals surface area contributed by atoms with Crippen molar-refractivity contribution in [3.05, 3.63) is 12.4 Å². The molecule has 2 heteroatoms. The lowest BCUT2D eigenvalue weighted by Crippen LogP contribution is -2.11. The van der Waals surface area contributed by atoms with Gasteiger partial charge in [-0.25, -0.2) is 4.99 Å². The lowest BCUT2D eigenvalue weighted by Gasteiger charge is -2.14. The Balaban J connectivity index is 3.99. The molecule has 0 saturated carbocycles. The molecule has 0 aromatic carbocycles. The standard InChI is InChI=1S/C8H16N2/c1-5-8(3,4)6-10-7(2)9/h6H,2,5,9H2,1,3-4H3. The van der Waals surface area contributed by atoms with Gasteiger partial charge >= 0.3 is 0 Å². The van der Waals surface area contributed by atoms with Crippen LogP contribution in [0.2, 0.25) is 0 Å². The molecule has 0 spiro atoms. The molecule has 0 heterocycles. The van der Waals surface area contributed by atoms with Crippen LogP contribution in [0.25, 0.3) is 0 Å². The summed E-state index contributed by atoms with van der Waals surface area (Å²) in [6.07, 6.45) is 2.90. The lowest BCUT2D eigenvalue weighted by molar-refractivity contribution is 0.515. The third-order valence-corrected chi connectivity index (χ3v) is 1.49. The van der Waals surface area contributed by atoms with E-state index < -0.39 is 0 Å². The van der Waals surface area contributed by atoms with Crippen molar-refractivity contribution in [1.82, 2.24) is 0 Å². The first-order valence-corrected chi connectivity index (χ1v) is 3.47. The van der Waals surface area contributed by atoms with E-state index in [1.165, 1.54) is 0 Å². The van der Waals surface area contributed by atoms with E-state index in [1.54, 1.807) is 0 Å². The summed E-state index contributed by atoms with van der Waals surface area (Å²) in [5.41, 5.74) is 5.40. The van der Waals surface area contributed by atoms with Gasteiger partial charge in [0.15, 0.2) is 0 Å². The predicted octanol–water partition coefficient (Wildman–Crippen LogP) is 1.92. The third kappa shape index (κ3) is 4.13. The van der Waals surface area contributed by atoms with Crippen molar-refractivity contribution >= 4 is 6.21 Å². The van der Waals surface area contributed by atoms with Crippen LogP contribution in [0.15, 0.2) is 17.4 Å². The van der Waals surface area contributed by atoms with E-state index in [9.17, 15) is 0 Å². The Hall–Kier alpha value is -0.790. The van der Waals surface area contributed by atoms with Gasteiger partial charge in [-0.2, -0.15) is 0 Å². The molecule has 0 unspecified atom stereocenters.